The topological polar surface area (TPSA) is 75.2 Å². The van der Waals surface area contributed by atoms with Crippen molar-refractivity contribution in [2.75, 3.05) is 18.4 Å². The highest BCUT2D eigenvalue weighted by Crippen LogP contribution is 2.21. The minimum absolute atomic E-state index is 0.0874. The molecule has 1 fully saturated rings. The lowest BCUT2D eigenvalue weighted by Crippen LogP contribution is -2.41. The van der Waals surface area contributed by atoms with Crippen LogP contribution in [0.1, 0.15) is 23.2 Å². The van der Waals surface area contributed by atoms with Crippen molar-refractivity contribution in [3.8, 4) is 0 Å². The number of aromatic nitrogens is 2. The average Bonchev–Trinajstić information content (AvgIpc) is 3.08. The van der Waals surface area contributed by atoms with Crippen molar-refractivity contribution in [2.24, 2.45) is 5.92 Å². The monoisotopic (exact) mass is 334 g/mol. The molecule has 2 aromatic rings. The molecular formula is C15H15FN4O2S. The van der Waals surface area contributed by atoms with E-state index in [1.807, 2.05) is 0 Å². The number of hydrogen-bond acceptors (Lipinski definition) is 5. The highest BCUT2D eigenvalue weighted by molar-refractivity contribution is 7.13. The van der Waals surface area contributed by atoms with Gasteiger partial charge in [0.15, 0.2) is 0 Å². The van der Waals surface area contributed by atoms with Crippen LogP contribution in [0, 0.1) is 11.7 Å². The molecule has 1 aromatic heterocycles. The molecule has 1 aliphatic rings. The molecule has 0 radical (unpaired) electrons. The molecule has 1 aliphatic heterocycles. The number of amides is 2. The van der Waals surface area contributed by atoms with Gasteiger partial charge < -0.3 is 10.2 Å². The third-order valence-electron chi connectivity index (χ3n) is 3.83. The van der Waals surface area contributed by atoms with Crippen LogP contribution in [0.4, 0.5) is 9.52 Å². The van der Waals surface area contributed by atoms with Gasteiger partial charge in [-0.2, -0.15) is 0 Å². The fraction of sp³-hybridized carbons (Fsp3) is 0.333. The van der Waals surface area contributed by atoms with E-state index < -0.39 is 0 Å². The molecule has 3 rings (SSSR count). The molecule has 1 saturated heterocycles. The van der Waals surface area contributed by atoms with Gasteiger partial charge >= 0.3 is 0 Å². The lowest BCUT2D eigenvalue weighted by Gasteiger charge is -2.31. The number of hydrogen-bond donors (Lipinski definition) is 1. The number of nitrogens with zero attached hydrogens (tertiary/aromatic N) is 3. The molecule has 0 unspecified atom stereocenters. The normalized spacial score (nSPS) is 15.4. The number of carbonyl (C=O) groups is 2. The van der Waals surface area contributed by atoms with E-state index >= 15 is 0 Å². The number of nitrogens with one attached hydrogen (secondary N) is 1. The molecule has 8 heteroatoms. The maximum Gasteiger partial charge on any atom is 0.253 e. The van der Waals surface area contributed by atoms with Crippen molar-refractivity contribution < 1.29 is 14.0 Å². The largest absolute Gasteiger partial charge is 0.339 e. The summed E-state index contributed by atoms with van der Waals surface area (Å²) in [6.07, 6.45) is 1.19. The van der Waals surface area contributed by atoms with E-state index in [1.54, 1.807) is 10.4 Å². The third kappa shape index (κ3) is 3.70. The van der Waals surface area contributed by atoms with Gasteiger partial charge in [0, 0.05) is 24.6 Å². The van der Waals surface area contributed by atoms with Crippen LogP contribution in [0.15, 0.2) is 29.8 Å². The van der Waals surface area contributed by atoms with Gasteiger partial charge in [0.2, 0.25) is 11.0 Å². The Kier molecular flexibility index (Phi) is 4.61. The molecular weight excluding hydrogens is 319 g/mol. The molecule has 0 aliphatic carbocycles. The van der Waals surface area contributed by atoms with Gasteiger partial charge in [-0.05, 0) is 37.1 Å². The Balaban J connectivity index is 1.54. The summed E-state index contributed by atoms with van der Waals surface area (Å²) in [7, 11) is 0. The second kappa shape index (κ2) is 6.82. The fourth-order valence-corrected chi connectivity index (χ4v) is 3.00. The van der Waals surface area contributed by atoms with Crippen LogP contribution < -0.4 is 5.32 Å². The van der Waals surface area contributed by atoms with Crippen molar-refractivity contribution in [3.63, 3.8) is 0 Å². The summed E-state index contributed by atoms with van der Waals surface area (Å²) >= 11 is 1.27. The van der Waals surface area contributed by atoms with Crippen molar-refractivity contribution in [2.45, 2.75) is 12.8 Å². The molecule has 2 heterocycles. The number of halogens is 1. The lowest BCUT2D eigenvalue weighted by molar-refractivity contribution is -0.121. The molecule has 1 N–H and O–H groups in total. The van der Waals surface area contributed by atoms with E-state index in [0.717, 1.165) is 0 Å². The van der Waals surface area contributed by atoms with Crippen molar-refractivity contribution >= 4 is 28.3 Å². The van der Waals surface area contributed by atoms with Gasteiger partial charge in [-0.3, -0.25) is 9.59 Å². The predicted octanol–water partition coefficient (Wildman–Crippen LogP) is 2.17. The SMILES string of the molecule is O=C(Nc1nncs1)C1CCN(C(=O)c2ccc(F)cc2)CC1. The minimum Gasteiger partial charge on any atom is -0.339 e. The zero-order valence-electron chi connectivity index (χ0n) is 12.2. The predicted molar refractivity (Wildman–Crippen MR) is 83.6 cm³/mol. The Morgan fingerprint density at radius 2 is 1.91 bits per heavy atom. The Labute approximate surface area is 136 Å². The molecule has 2 amide bonds. The Bertz CT molecular complexity index is 682. The fourth-order valence-electron chi connectivity index (χ4n) is 2.55. The number of carbonyl (C=O) groups excluding carboxylic acids is 2. The van der Waals surface area contributed by atoms with E-state index in [9.17, 15) is 14.0 Å². The molecule has 23 heavy (non-hydrogen) atoms. The van der Waals surface area contributed by atoms with E-state index in [-0.39, 0.29) is 23.5 Å². The zero-order chi connectivity index (χ0) is 16.2. The molecule has 0 atom stereocenters. The highest BCUT2D eigenvalue weighted by Gasteiger charge is 2.28. The van der Waals surface area contributed by atoms with Crippen molar-refractivity contribution in [3.05, 3.63) is 41.2 Å². The van der Waals surface area contributed by atoms with E-state index in [0.29, 0.717) is 36.6 Å². The van der Waals surface area contributed by atoms with Gasteiger partial charge in [0.1, 0.15) is 11.3 Å². The molecule has 0 spiro atoms. The summed E-state index contributed by atoms with van der Waals surface area (Å²) in [6.45, 7) is 1.01. The number of rotatable bonds is 3. The molecule has 1 aromatic carbocycles. The Morgan fingerprint density at radius 1 is 1.22 bits per heavy atom. The summed E-state index contributed by atoms with van der Waals surface area (Å²) in [6, 6.07) is 5.50. The van der Waals surface area contributed by atoms with Crippen molar-refractivity contribution in [1.29, 1.82) is 0 Å². The second-order valence-electron chi connectivity index (χ2n) is 5.31. The maximum absolute atomic E-state index is 12.9. The highest BCUT2D eigenvalue weighted by atomic mass is 32.1. The summed E-state index contributed by atoms with van der Waals surface area (Å²) in [5.41, 5.74) is 2.02. The van der Waals surface area contributed by atoms with Gasteiger partial charge in [0.25, 0.3) is 5.91 Å². The van der Waals surface area contributed by atoms with Gasteiger partial charge in [-0.25, -0.2) is 4.39 Å². The summed E-state index contributed by atoms with van der Waals surface area (Å²) in [5, 5.41) is 10.7. The second-order valence-corrected chi connectivity index (χ2v) is 6.14. The first-order valence-corrected chi connectivity index (χ1v) is 8.13. The average molecular weight is 334 g/mol. The lowest BCUT2D eigenvalue weighted by atomic mass is 9.95. The Morgan fingerprint density at radius 3 is 2.52 bits per heavy atom. The van der Waals surface area contributed by atoms with Crippen LogP contribution in [0.3, 0.4) is 0 Å². The van der Waals surface area contributed by atoms with E-state index in [1.165, 1.54) is 35.6 Å². The van der Waals surface area contributed by atoms with Crippen LogP contribution in [-0.4, -0.2) is 40.0 Å². The number of likely N-dealkylation sites (tertiary alicyclic amines) is 1. The van der Waals surface area contributed by atoms with Crippen LogP contribution in [-0.2, 0) is 4.79 Å². The van der Waals surface area contributed by atoms with E-state index in [4.69, 9.17) is 0 Å². The van der Waals surface area contributed by atoms with Crippen LogP contribution in [0.2, 0.25) is 0 Å². The van der Waals surface area contributed by atoms with Gasteiger partial charge in [-0.1, -0.05) is 11.3 Å². The molecule has 0 saturated carbocycles. The van der Waals surface area contributed by atoms with Crippen LogP contribution >= 0.6 is 11.3 Å². The van der Waals surface area contributed by atoms with Gasteiger partial charge in [0.05, 0.1) is 0 Å². The molecule has 120 valence electrons. The number of anilines is 1. The van der Waals surface area contributed by atoms with Gasteiger partial charge in [-0.15, -0.1) is 10.2 Å². The minimum atomic E-state index is -0.367. The number of piperidine rings is 1. The van der Waals surface area contributed by atoms with Crippen molar-refractivity contribution in [1.82, 2.24) is 15.1 Å². The van der Waals surface area contributed by atoms with Crippen LogP contribution in [0.25, 0.3) is 0 Å². The first-order valence-electron chi connectivity index (χ1n) is 7.25. The van der Waals surface area contributed by atoms with E-state index in [2.05, 4.69) is 15.5 Å². The maximum atomic E-state index is 12.9. The number of benzene rings is 1. The zero-order valence-corrected chi connectivity index (χ0v) is 13.1. The quantitative estimate of drug-likeness (QED) is 0.933. The first-order chi connectivity index (χ1) is 11.1. The standard InChI is InChI=1S/C15H15FN4O2S/c16-12-3-1-11(2-4-12)14(22)20-7-5-10(6-8-20)13(21)18-15-19-17-9-23-15/h1-4,9-10H,5-8H2,(H,18,19,21). The van der Waals surface area contributed by atoms with Crippen LogP contribution in [0.5, 0.6) is 0 Å². The summed E-state index contributed by atoms with van der Waals surface area (Å²) in [5.74, 6) is -0.728. The summed E-state index contributed by atoms with van der Waals surface area (Å²) < 4.78 is 12.9. The Hall–Kier alpha value is -2.35. The first kappa shape index (κ1) is 15.5. The molecule has 6 nitrogen and oxygen atoms in total. The smallest absolute Gasteiger partial charge is 0.253 e. The molecule has 0 bridgehead atoms. The third-order valence-corrected chi connectivity index (χ3v) is 4.44. The summed E-state index contributed by atoms with van der Waals surface area (Å²) in [4.78, 5) is 26.2.